The Kier molecular flexibility index (Phi) is 13.3. The number of unbranched alkanes of at least 4 members (excludes halogenated alkanes) is 8. The second-order valence-electron chi connectivity index (χ2n) is 6.97. The van der Waals surface area contributed by atoms with Gasteiger partial charge in [0, 0.05) is 6.61 Å². The Morgan fingerprint density at radius 3 is 2.36 bits per heavy atom. The normalized spacial score (nSPS) is 25.0. The van der Waals surface area contributed by atoms with Gasteiger partial charge in [-0.3, -0.25) is 0 Å². The summed E-state index contributed by atoms with van der Waals surface area (Å²) in [5.41, 5.74) is 0. The van der Waals surface area contributed by atoms with Crippen LogP contribution in [0.3, 0.4) is 0 Å². The molecule has 1 aliphatic rings. The first-order valence-electron chi connectivity index (χ1n) is 10.1. The van der Waals surface area contributed by atoms with E-state index in [-0.39, 0.29) is 13.2 Å². The standard InChI is InChI=1S/C20H38O5/c1-2-3-4-5-6-7-8-9-10-11-12-13-14-24-20-18(23)16-25-19(20)17(22)15-21/h9-10,17-23H,2-8,11-16H2,1H3/b10-9+/t17-,18+,19-,20-/m1/s1. The number of ether oxygens (including phenoxy) is 2. The van der Waals surface area contributed by atoms with Crippen molar-refractivity contribution < 1.29 is 24.8 Å². The topological polar surface area (TPSA) is 79.2 Å². The van der Waals surface area contributed by atoms with Gasteiger partial charge in [0.25, 0.3) is 0 Å². The molecule has 1 saturated heterocycles. The predicted molar refractivity (Wildman–Crippen MR) is 99.6 cm³/mol. The fourth-order valence-corrected chi connectivity index (χ4v) is 3.12. The zero-order valence-electron chi connectivity index (χ0n) is 15.8. The van der Waals surface area contributed by atoms with Crippen molar-refractivity contribution in [3.63, 3.8) is 0 Å². The summed E-state index contributed by atoms with van der Waals surface area (Å²) < 4.78 is 11.0. The molecule has 0 aromatic rings. The van der Waals surface area contributed by atoms with E-state index in [1.807, 2.05) is 0 Å². The molecule has 3 N–H and O–H groups in total. The summed E-state index contributed by atoms with van der Waals surface area (Å²) in [6, 6.07) is 0. The smallest absolute Gasteiger partial charge is 0.114 e. The zero-order chi connectivity index (χ0) is 18.3. The molecular formula is C20H38O5. The highest BCUT2D eigenvalue weighted by Gasteiger charge is 2.40. The van der Waals surface area contributed by atoms with Crippen LogP contribution in [0.2, 0.25) is 0 Å². The molecule has 5 heteroatoms. The van der Waals surface area contributed by atoms with Crippen molar-refractivity contribution in [2.75, 3.05) is 19.8 Å². The molecule has 0 aromatic heterocycles. The van der Waals surface area contributed by atoms with Crippen LogP contribution in [0.15, 0.2) is 12.2 Å². The first-order valence-corrected chi connectivity index (χ1v) is 10.1. The lowest BCUT2D eigenvalue weighted by molar-refractivity contribution is -0.0937. The van der Waals surface area contributed by atoms with Crippen molar-refractivity contribution in [1.82, 2.24) is 0 Å². The highest BCUT2D eigenvalue weighted by molar-refractivity contribution is 4.89. The Labute approximate surface area is 153 Å². The monoisotopic (exact) mass is 358 g/mol. The molecule has 148 valence electrons. The van der Waals surface area contributed by atoms with Crippen molar-refractivity contribution in [3.8, 4) is 0 Å². The van der Waals surface area contributed by atoms with Gasteiger partial charge in [0.1, 0.15) is 24.4 Å². The molecule has 0 aliphatic carbocycles. The fourth-order valence-electron chi connectivity index (χ4n) is 3.12. The molecule has 0 amide bonds. The third-order valence-corrected chi connectivity index (χ3v) is 4.70. The van der Waals surface area contributed by atoms with Gasteiger partial charge in [-0.25, -0.2) is 0 Å². The summed E-state index contributed by atoms with van der Waals surface area (Å²) in [5, 5.41) is 28.5. The molecular weight excluding hydrogens is 320 g/mol. The Morgan fingerprint density at radius 2 is 1.68 bits per heavy atom. The summed E-state index contributed by atoms with van der Waals surface area (Å²) in [4.78, 5) is 0. The summed E-state index contributed by atoms with van der Waals surface area (Å²) in [7, 11) is 0. The van der Waals surface area contributed by atoms with E-state index in [4.69, 9.17) is 14.6 Å². The number of hydrogen-bond acceptors (Lipinski definition) is 5. The lowest BCUT2D eigenvalue weighted by Gasteiger charge is -2.23. The highest BCUT2D eigenvalue weighted by atomic mass is 16.6. The number of hydrogen-bond donors (Lipinski definition) is 3. The molecule has 0 radical (unpaired) electrons. The fraction of sp³-hybridized carbons (Fsp3) is 0.900. The van der Waals surface area contributed by atoms with E-state index in [0.29, 0.717) is 6.61 Å². The second-order valence-corrected chi connectivity index (χ2v) is 6.97. The highest BCUT2D eigenvalue weighted by Crippen LogP contribution is 2.21. The molecule has 1 heterocycles. The predicted octanol–water partition coefficient (Wildman–Crippen LogP) is 2.96. The first kappa shape index (κ1) is 22.6. The molecule has 1 fully saturated rings. The van der Waals surface area contributed by atoms with Gasteiger partial charge < -0.3 is 24.8 Å². The molecule has 5 nitrogen and oxygen atoms in total. The van der Waals surface area contributed by atoms with E-state index in [1.54, 1.807) is 0 Å². The van der Waals surface area contributed by atoms with E-state index >= 15 is 0 Å². The van der Waals surface area contributed by atoms with Gasteiger partial charge in [0.05, 0.1) is 13.2 Å². The zero-order valence-corrected chi connectivity index (χ0v) is 15.8. The van der Waals surface area contributed by atoms with Crippen LogP contribution in [0, 0.1) is 0 Å². The van der Waals surface area contributed by atoms with Gasteiger partial charge >= 0.3 is 0 Å². The van der Waals surface area contributed by atoms with Crippen molar-refractivity contribution in [3.05, 3.63) is 12.2 Å². The van der Waals surface area contributed by atoms with Gasteiger partial charge in [0.2, 0.25) is 0 Å². The number of aliphatic hydroxyl groups is 3. The third kappa shape index (κ3) is 9.71. The maximum atomic E-state index is 9.84. The van der Waals surface area contributed by atoms with Crippen LogP contribution in [0.5, 0.6) is 0 Å². The number of rotatable bonds is 15. The second kappa shape index (κ2) is 14.7. The SMILES string of the molecule is CCCCCCCC/C=C/CCCCO[C@H]1[C@@H]([C@H](O)CO)OC[C@@H]1O. The maximum absolute atomic E-state index is 9.84. The lowest BCUT2D eigenvalue weighted by atomic mass is 10.1. The molecule has 0 aromatic carbocycles. The molecule has 25 heavy (non-hydrogen) atoms. The van der Waals surface area contributed by atoms with Crippen molar-refractivity contribution in [2.45, 2.75) is 95.5 Å². The van der Waals surface area contributed by atoms with Gasteiger partial charge in [-0.2, -0.15) is 0 Å². The first-order chi connectivity index (χ1) is 12.2. The summed E-state index contributed by atoms with van der Waals surface area (Å²) in [6.07, 6.45) is 13.8. The van der Waals surface area contributed by atoms with Crippen molar-refractivity contribution >= 4 is 0 Å². The molecule has 0 saturated carbocycles. The van der Waals surface area contributed by atoms with Gasteiger partial charge in [0.15, 0.2) is 0 Å². The van der Waals surface area contributed by atoms with Gasteiger partial charge in [-0.1, -0.05) is 51.2 Å². The van der Waals surface area contributed by atoms with E-state index < -0.39 is 24.4 Å². The Hall–Kier alpha value is -0.460. The Bertz CT molecular complexity index is 334. The molecule has 0 bridgehead atoms. The molecule has 1 aliphatic heterocycles. The van der Waals surface area contributed by atoms with Crippen LogP contribution >= 0.6 is 0 Å². The third-order valence-electron chi connectivity index (χ3n) is 4.70. The van der Waals surface area contributed by atoms with Crippen LogP contribution in [-0.2, 0) is 9.47 Å². The minimum atomic E-state index is -1.01. The van der Waals surface area contributed by atoms with E-state index in [0.717, 1.165) is 19.3 Å². The molecule has 1 rings (SSSR count). The lowest BCUT2D eigenvalue weighted by Crippen LogP contribution is -2.42. The van der Waals surface area contributed by atoms with E-state index in [1.165, 1.54) is 44.9 Å². The van der Waals surface area contributed by atoms with Crippen LogP contribution in [0.25, 0.3) is 0 Å². The number of aliphatic hydroxyl groups excluding tert-OH is 3. The van der Waals surface area contributed by atoms with E-state index in [9.17, 15) is 10.2 Å². The average Bonchev–Trinajstić information content (AvgIpc) is 2.99. The van der Waals surface area contributed by atoms with Crippen LogP contribution < -0.4 is 0 Å². The van der Waals surface area contributed by atoms with Crippen molar-refractivity contribution in [2.24, 2.45) is 0 Å². The van der Waals surface area contributed by atoms with Gasteiger partial charge in [-0.05, 0) is 32.1 Å². The molecule has 0 spiro atoms. The minimum absolute atomic E-state index is 0.146. The van der Waals surface area contributed by atoms with Crippen LogP contribution in [0.1, 0.15) is 71.1 Å². The summed E-state index contributed by atoms with van der Waals surface area (Å²) >= 11 is 0. The van der Waals surface area contributed by atoms with Crippen molar-refractivity contribution in [1.29, 1.82) is 0 Å². The van der Waals surface area contributed by atoms with E-state index in [2.05, 4.69) is 19.1 Å². The van der Waals surface area contributed by atoms with Crippen LogP contribution in [0.4, 0.5) is 0 Å². The van der Waals surface area contributed by atoms with Gasteiger partial charge in [-0.15, -0.1) is 0 Å². The average molecular weight is 359 g/mol. The maximum Gasteiger partial charge on any atom is 0.114 e. The Balaban J connectivity index is 1.98. The largest absolute Gasteiger partial charge is 0.394 e. The molecule has 4 atom stereocenters. The molecule has 0 unspecified atom stereocenters. The number of allylic oxidation sites excluding steroid dienone is 2. The summed E-state index contributed by atoms with van der Waals surface area (Å²) in [5.74, 6) is 0. The minimum Gasteiger partial charge on any atom is -0.394 e. The van der Waals surface area contributed by atoms with Crippen LogP contribution in [-0.4, -0.2) is 59.6 Å². The quantitative estimate of drug-likeness (QED) is 0.310. The Morgan fingerprint density at radius 1 is 1.04 bits per heavy atom. The summed E-state index contributed by atoms with van der Waals surface area (Å²) in [6.45, 7) is 2.54.